The summed E-state index contributed by atoms with van der Waals surface area (Å²) >= 11 is 0.0692. The molecule has 0 aliphatic rings. The molecule has 0 amide bonds. The second kappa shape index (κ2) is 5.98. The van der Waals surface area contributed by atoms with Crippen LogP contribution in [0.25, 0.3) is 11.0 Å². The number of hydrogen-bond donors (Lipinski definition) is 1. The molecule has 0 bridgehead atoms. The van der Waals surface area contributed by atoms with E-state index >= 15 is 0 Å². The Morgan fingerprint density at radius 3 is 2.55 bits per heavy atom. The van der Waals surface area contributed by atoms with E-state index in [1.165, 1.54) is 4.46 Å². The van der Waals surface area contributed by atoms with Crippen LogP contribution in [-0.2, 0) is 0 Å². The van der Waals surface area contributed by atoms with Gasteiger partial charge in [0.1, 0.15) is 0 Å². The molecule has 3 aromatic rings. The Bertz CT molecular complexity index is 779. The molecule has 1 aromatic heterocycles. The molecule has 1 heterocycles. The minimum absolute atomic E-state index is 0.0692. The van der Waals surface area contributed by atoms with Gasteiger partial charge in [0, 0.05) is 0 Å². The summed E-state index contributed by atoms with van der Waals surface area (Å²) < 4.78 is 8.09. The van der Waals surface area contributed by atoms with Crippen LogP contribution < -0.4 is 9.12 Å². The fourth-order valence-corrected chi connectivity index (χ4v) is 3.83. The van der Waals surface area contributed by atoms with Gasteiger partial charge in [-0.3, -0.25) is 0 Å². The molecule has 2 nitrogen and oxygen atoms in total. The number of aliphatic hydroxyl groups excluding tert-OH is 1. The van der Waals surface area contributed by atoms with Gasteiger partial charge in [0.2, 0.25) is 0 Å². The molecule has 0 saturated carbocycles. The van der Waals surface area contributed by atoms with Crippen molar-refractivity contribution >= 4 is 35.0 Å². The number of aliphatic hydroxyl groups is 1. The first kappa shape index (κ1) is 13.0. The Balaban J connectivity index is 2.09. The van der Waals surface area contributed by atoms with E-state index in [4.69, 9.17) is 9.52 Å². The summed E-state index contributed by atoms with van der Waals surface area (Å²) in [5, 5.41) is 9.93. The predicted molar refractivity (Wildman–Crippen MR) is 81.6 cm³/mol. The van der Waals surface area contributed by atoms with E-state index in [0.29, 0.717) is 0 Å². The summed E-state index contributed by atoms with van der Waals surface area (Å²) in [5.41, 5.74) is 1.75. The van der Waals surface area contributed by atoms with Crippen molar-refractivity contribution in [2.24, 2.45) is 0 Å². The number of benzene rings is 2. The Labute approximate surface area is 123 Å². The maximum atomic E-state index is 8.92. The van der Waals surface area contributed by atoms with Crippen molar-refractivity contribution in [1.29, 1.82) is 0 Å². The third kappa shape index (κ3) is 2.64. The molecule has 0 unspecified atom stereocenters. The number of rotatable bonds is 2. The van der Waals surface area contributed by atoms with E-state index in [1.807, 2.05) is 42.5 Å². The first-order chi connectivity index (χ1) is 9.88. The first-order valence-electron chi connectivity index (χ1n) is 6.22. The Kier molecular flexibility index (Phi) is 3.90. The fraction of sp³-hybridized carbons (Fsp3) is 0.0588. The average Bonchev–Trinajstić information content (AvgIpc) is 2.83. The molecule has 0 saturated heterocycles. The third-order valence-corrected chi connectivity index (χ3v) is 4.87. The van der Waals surface area contributed by atoms with Crippen molar-refractivity contribution in [2.75, 3.05) is 6.61 Å². The number of para-hydroxylation sites is 1. The topological polar surface area (TPSA) is 33.4 Å². The second-order valence-corrected chi connectivity index (χ2v) is 6.33. The molecule has 20 heavy (non-hydrogen) atoms. The van der Waals surface area contributed by atoms with Crippen molar-refractivity contribution < 1.29 is 9.52 Å². The van der Waals surface area contributed by atoms with E-state index in [9.17, 15) is 0 Å². The van der Waals surface area contributed by atoms with Gasteiger partial charge >= 0.3 is 123 Å². The number of furan rings is 1. The van der Waals surface area contributed by atoms with Crippen LogP contribution in [0, 0.1) is 11.8 Å². The van der Waals surface area contributed by atoms with Crippen molar-refractivity contribution in [1.82, 2.24) is 0 Å². The third-order valence-electron chi connectivity index (χ3n) is 2.81. The molecule has 3 heteroatoms. The van der Waals surface area contributed by atoms with Crippen molar-refractivity contribution in [3.8, 4) is 11.8 Å². The predicted octanol–water partition coefficient (Wildman–Crippen LogP) is 1.43. The van der Waals surface area contributed by atoms with Crippen molar-refractivity contribution in [3.63, 3.8) is 0 Å². The minimum atomic E-state index is -0.142. The van der Waals surface area contributed by atoms with Gasteiger partial charge in [-0.05, 0) is 0 Å². The molecule has 98 valence electrons. The Morgan fingerprint density at radius 2 is 1.75 bits per heavy atom. The summed E-state index contributed by atoms with van der Waals surface area (Å²) in [5.74, 6) is 5.75. The van der Waals surface area contributed by atoms with Crippen LogP contribution in [0.4, 0.5) is 0 Å². The van der Waals surface area contributed by atoms with Crippen LogP contribution in [0.3, 0.4) is 0 Å². The van der Waals surface area contributed by atoms with Crippen LogP contribution in [0.2, 0.25) is 0 Å². The number of fused-ring (bicyclic) bond motifs is 1. The van der Waals surface area contributed by atoms with Crippen LogP contribution in [0.1, 0.15) is 5.56 Å². The first-order valence-corrected chi connectivity index (χ1v) is 7.94. The zero-order valence-corrected chi connectivity index (χ0v) is 12.4. The standard InChI is InChI=1S/C17H12O2Se/c18-12-6-10-15-14-9-4-5-11-16(14)19-17(15)20-13-7-2-1-3-8-13/h1-5,7-9,11,18H,12H2. The molecule has 0 aliphatic heterocycles. The molecular weight excluding hydrogens is 315 g/mol. The molecular formula is C17H12O2Se. The fourth-order valence-electron chi connectivity index (χ4n) is 1.94. The monoisotopic (exact) mass is 328 g/mol. The van der Waals surface area contributed by atoms with E-state index in [2.05, 4.69) is 24.0 Å². The summed E-state index contributed by atoms with van der Waals surface area (Å²) in [6.45, 7) is -0.142. The van der Waals surface area contributed by atoms with Crippen LogP contribution in [-0.4, -0.2) is 26.7 Å². The second-order valence-electron chi connectivity index (χ2n) is 4.14. The summed E-state index contributed by atoms with van der Waals surface area (Å²) in [6.07, 6.45) is 0. The van der Waals surface area contributed by atoms with Gasteiger partial charge in [-0.25, -0.2) is 0 Å². The molecule has 1 N–H and O–H groups in total. The molecule has 0 spiro atoms. The van der Waals surface area contributed by atoms with Gasteiger partial charge < -0.3 is 0 Å². The Morgan fingerprint density at radius 1 is 1.00 bits per heavy atom. The number of hydrogen-bond acceptors (Lipinski definition) is 2. The van der Waals surface area contributed by atoms with E-state index in [1.54, 1.807) is 0 Å². The molecule has 0 atom stereocenters. The van der Waals surface area contributed by atoms with Gasteiger partial charge in [-0.2, -0.15) is 0 Å². The zero-order chi connectivity index (χ0) is 13.8. The van der Waals surface area contributed by atoms with Gasteiger partial charge in [0.25, 0.3) is 0 Å². The molecule has 0 radical (unpaired) electrons. The maximum absolute atomic E-state index is 8.92. The molecule has 0 fully saturated rings. The van der Waals surface area contributed by atoms with E-state index < -0.39 is 0 Å². The van der Waals surface area contributed by atoms with Crippen LogP contribution in [0.15, 0.2) is 59.0 Å². The van der Waals surface area contributed by atoms with Gasteiger partial charge in [0.05, 0.1) is 0 Å². The van der Waals surface area contributed by atoms with Crippen molar-refractivity contribution in [3.05, 3.63) is 60.2 Å². The normalized spacial score (nSPS) is 10.2. The van der Waals surface area contributed by atoms with Crippen molar-refractivity contribution in [2.45, 2.75) is 0 Å². The van der Waals surface area contributed by atoms with Gasteiger partial charge in [-0.15, -0.1) is 0 Å². The van der Waals surface area contributed by atoms with Crippen LogP contribution >= 0.6 is 0 Å². The van der Waals surface area contributed by atoms with E-state index in [0.717, 1.165) is 21.2 Å². The Hall–Kier alpha value is -1.98. The SMILES string of the molecule is OCC#Cc1c([Se]c2ccccc2)oc2ccccc12. The summed E-state index contributed by atoms with van der Waals surface area (Å²) in [7, 11) is 0. The quantitative estimate of drug-likeness (QED) is 0.571. The van der Waals surface area contributed by atoms with Crippen LogP contribution in [0.5, 0.6) is 0 Å². The molecule has 3 rings (SSSR count). The summed E-state index contributed by atoms with van der Waals surface area (Å²) in [4.78, 5) is 0. The van der Waals surface area contributed by atoms with Gasteiger partial charge in [-0.1, -0.05) is 0 Å². The average molecular weight is 327 g/mol. The van der Waals surface area contributed by atoms with E-state index in [-0.39, 0.29) is 21.6 Å². The summed E-state index contributed by atoms with van der Waals surface area (Å²) in [6, 6.07) is 18.1. The molecule has 0 aliphatic carbocycles. The zero-order valence-electron chi connectivity index (χ0n) is 10.7. The molecule has 2 aromatic carbocycles. The van der Waals surface area contributed by atoms with Gasteiger partial charge in [0.15, 0.2) is 0 Å².